The molecule has 6 nitrogen and oxygen atoms in total. The van der Waals surface area contributed by atoms with Crippen LogP contribution in [0.15, 0.2) is 18.2 Å². The minimum atomic E-state index is 0.441. The molecule has 0 aliphatic rings. The molecule has 0 saturated carbocycles. The van der Waals surface area contributed by atoms with Crippen LogP contribution in [0.3, 0.4) is 0 Å². The van der Waals surface area contributed by atoms with Gasteiger partial charge in [-0.1, -0.05) is 19.4 Å². The number of pyridine rings is 1. The second-order valence-electron chi connectivity index (χ2n) is 4.44. The van der Waals surface area contributed by atoms with Crippen molar-refractivity contribution in [3.05, 3.63) is 18.2 Å². The van der Waals surface area contributed by atoms with Crippen molar-refractivity contribution in [1.29, 1.82) is 0 Å². The monoisotopic (exact) mass is 298 g/mol. The van der Waals surface area contributed by atoms with Crippen LogP contribution in [-0.2, 0) is 14.2 Å². The summed E-state index contributed by atoms with van der Waals surface area (Å²) in [4.78, 5) is 4.02. The van der Waals surface area contributed by atoms with Gasteiger partial charge in [-0.05, 0) is 12.5 Å². The highest BCUT2D eigenvalue weighted by atomic mass is 16.6. The molecule has 0 spiro atoms. The second kappa shape index (κ2) is 12.4. The van der Waals surface area contributed by atoms with E-state index >= 15 is 0 Å². The topological polar surface area (TPSA) is 75.8 Å². The van der Waals surface area contributed by atoms with E-state index < -0.39 is 0 Å². The Morgan fingerprint density at radius 1 is 0.905 bits per heavy atom. The molecule has 0 unspecified atom stereocenters. The molecule has 0 fully saturated rings. The lowest BCUT2D eigenvalue weighted by Crippen LogP contribution is -2.13. The Bertz CT molecular complexity index is 363. The van der Waals surface area contributed by atoms with Crippen LogP contribution in [0.5, 0.6) is 5.88 Å². The number of hydrogen-bond donors (Lipinski definition) is 1. The number of nitrogens with two attached hydrogens (primary N) is 1. The Morgan fingerprint density at radius 2 is 1.52 bits per heavy atom. The Labute approximate surface area is 126 Å². The van der Waals surface area contributed by atoms with Crippen molar-refractivity contribution >= 4 is 5.82 Å². The van der Waals surface area contributed by atoms with Gasteiger partial charge in [-0.2, -0.15) is 4.98 Å². The number of nitrogen functional groups attached to an aromatic ring is 1. The van der Waals surface area contributed by atoms with Gasteiger partial charge in [0.15, 0.2) is 0 Å². The van der Waals surface area contributed by atoms with Gasteiger partial charge >= 0.3 is 0 Å². The molecular weight excluding hydrogens is 272 g/mol. The molecule has 21 heavy (non-hydrogen) atoms. The number of nitrogens with zero attached hydrogens (tertiary/aromatic N) is 1. The van der Waals surface area contributed by atoms with Gasteiger partial charge in [0.1, 0.15) is 12.4 Å². The summed E-state index contributed by atoms with van der Waals surface area (Å²) in [6.07, 6.45) is 2.26. The molecule has 0 aromatic carbocycles. The summed E-state index contributed by atoms with van der Waals surface area (Å²) in [5, 5.41) is 0. The molecule has 0 bridgehead atoms. The van der Waals surface area contributed by atoms with Crippen LogP contribution < -0.4 is 10.5 Å². The lowest BCUT2D eigenvalue weighted by Gasteiger charge is -2.08. The van der Waals surface area contributed by atoms with Crippen LogP contribution in [0.1, 0.15) is 19.8 Å². The van der Waals surface area contributed by atoms with Crippen LogP contribution >= 0.6 is 0 Å². The average Bonchev–Trinajstić information content (AvgIpc) is 2.48. The molecule has 0 saturated heterocycles. The zero-order valence-electron chi connectivity index (χ0n) is 12.8. The average molecular weight is 298 g/mol. The van der Waals surface area contributed by atoms with Gasteiger partial charge in [-0.3, -0.25) is 0 Å². The highest BCUT2D eigenvalue weighted by molar-refractivity contribution is 5.30. The minimum Gasteiger partial charge on any atom is -0.475 e. The van der Waals surface area contributed by atoms with E-state index in [0.717, 1.165) is 19.4 Å². The van der Waals surface area contributed by atoms with Gasteiger partial charge < -0.3 is 24.7 Å². The Morgan fingerprint density at radius 3 is 2.14 bits per heavy atom. The quantitative estimate of drug-likeness (QED) is 0.560. The normalized spacial score (nSPS) is 10.7. The maximum Gasteiger partial charge on any atom is 0.215 e. The van der Waals surface area contributed by atoms with Crippen molar-refractivity contribution in [3.63, 3.8) is 0 Å². The van der Waals surface area contributed by atoms with Crippen LogP contribution in [-0.4, -0.2) is 51.2 Å². The van der Waals surface area contributed by atoms with Crippen molar-refractivity contribution in [2.75, 3.05) is 52.0 Å². The smallest absolute Gasteiger partial charge is 0.215 e. The van der Waals surface area contributed by atoms with Gasteiger partial charge in [-0.15, -0.1) is 0 Å². The molecule has 120 valence electrons. The lowest BCUT2D eigenvalue weighted by atomic mass is 10.4. The summed E-state index contributed by atoms with van der Waals surface area (Å²) in [6, 6.07) is 5.28. The maximum absolute atomic E-state index is 5.55. The predicted molar refractivity (Wildman–Crippen MR) is 81.5 cm³/mol. The molecule has 0 atom stereocenters. The van der Waals surface area contributed by atoms with Crippen molar-refractivity contribution in [3.8, 4) is 5.88 Å². The first-order valence-electron chi connectivity index (χ1n) is 7.41. The van der Waals surface area contributed by atoms with Crippen molar-refractivity contribution in [1.82, 2.24) is 4.98 Å². The molecule has 0 aliphatic carbocycles. The van der Waals surface area contributed by atoms with E-state index in [0.29, 0.717) is 51.3 Å². The number of anilines is 1. The van der Waals surface area contributed by atoms with E-state index in [1.807, 2.05) is 0 Å². The van der Waals surface area contributed by atoms with Crippen LogP contribution in [0.4, 0.5) is 5.82 Å². The summed E-state index contributed by atoms with van der Waals surface area (Å²) in [5.41, 5.74) is 5.55. The standard InChI is InChI=1S/C15H26N2O4/c1-2-3-7-18-8-9-19-10-11-20-12-13-21-15-6-4-5-14(16)17-15/h4-6H,2-3,7-13H2,1H3,(H2,16,17). The van der Waals surface area contributed by atoms with E-state index in [2.05, 4.69) is 11.9 Å². The zero-order valence-corrected chi connectivity index (χ0v) is 12.8. The highest BCUT2D eigenvalue weighted by Gasteiger charge is 1.96. The third-order valence-corrected chi connectivity index (χ3v) is 2.61. The van der Waals surface area contributed by atoms with Crippen molar-refractivity contribution in [2.45, 2.75) is 19.8 Å². The Hall–Kier alpha value is -1.37. The number of aromatic nitrogens is 1. The first-order valence-corrected chi connectivity index (χ1v) is 7.41. The van der Waals surface area contributed by atoms with E-state index in [-0.39, 0.29) is 0 Å². The van der Waals surface area contributed by atoms with Crippen molar-refractivity contribution in [2.24, 2.45) is 0 Å². The van der Waals surface area contributed by atoms with Gasteiger partial charge in [0, 0.05) is 12.7 Å². The molecule has 6 heteroatoms. The number of unbranched alkanes of at least 4 members (excludes halogenated alkanes) is 1. The first kappa shape index (κ1) is 17.7. The number of rotatable bonds is 13. The van der Waals surface area contributed by atoms with Crippen LogP contribution in [0.2, 0.25) is 0 Å². The summed E-state index contributed by atoms with van der Waals surface area (Å²) in [5.74, 6) is 0.960. The summed E-state index contributed by atoms with van der Waals surface area (Å²) < 4.78 is 21.5. The molecule has 1 rings (SSSR count). The van der Waals surface area contributed by atoms with Gasteiger partial charge in [0.05, 0.1) is 33.0 Å². The minimum absolute atomic E-state index is 0.441. The molecule has 0 amide bonds. The molecule has 2 N–H and O–H groups in total. The van der Waals surface area contributed by atoms with Gasteiger partial charge in [0.25, 0.3) is 0 Å². The molecular formula is C15H26N2O4. The summed E-state index contributed by atoms with van der Waals surface area (Å²) in [7, 11) is 0. The van der Waals surface area contributed by atoms with E-state index in [1.165, 1.54) is 0 Å². The van der Waals surface area contributed by atoms with Crippen molar-refractivity contribution < 1.29 is 18.9 Å². The second-order valence-corrected chi connectivity index (χ2v) is 4.44. The molecule has 1 aromatic heterocycles. The number of hydrogen-bond acceptors (Lipinski definition) is 6. The summed E-state index contributed by atoms with van der Waals surface area (Å²) in [6.45, 7) is 6.25. The fourth-order valence-corrected chi connectivity index (χ4v) is 1.50. The fraction of sp³-hybridized carbons (Fsp3) is 0.667. The van der Waals surface area contributed by atoms with E-state index in [4.69, 9.17) is 24.7 Å². The molecule has 0 aliphatic heterocycles. The maximum atomic E-state index is 5.55. The molecule has 1 aromatic rings. The molecule has 0 radical (unpaired) electrons. The lowest BCUT2D eigenvalue weighted by molar-refractivity contribution is 0.00873. The van der Waals surface area contributed by atoms with Gasteiger partial charge in [0.2, 0.25) is 5.88 Å². The zero-order chi connectivity index (χ0) is 15.2. The van der Waals surface area contributed by atoms with Gasteiger partial charge in [-0.25, -0.2) is 0 Å². The highest BCUT2D eigenvalue weighted by Crippen LogP contribution is 2.07. The largest absolute Gasteiger partial charge is 0.475 e. The Balaban J connectivity index is 1.82. The van der Waals surface area contributed by atoms with E-state index in [9.17, 15) is 0 Å². The van der Waals surface area contributed by atoms with E-state index in [1.54, 1.807) is 18.2 Å². The molecule has 1 heterocycles. The van der Waals surface area contributed by atoms with Crippen LogP contribution in [0.25, 0.3) is 0 Å². The first-order chi connectivity index (χ1) is 10.3. The fourth-order valence-electron chi connectivity index (χ4n) is 1.50. The van der Waals surface area contributed by atoms with Crippen LogP contribution in [0, 0.1) is 0 Å². The third kappa shape index (κ3) is 10.1. The number of ether oxygens (including phenoxy) is 4. The Kier molecular flexibility index (Phi) is 10.4. The predicted octanol–water partition coefficient (Wildman–Crippen LogP) is 1.89. The summed E-state index contributed by atoms with van der Waals surface area (Å²) >= 11 is 0. The third-order valence-electron chi connectivity index (χ3n) is 2.61. The SMILES string of the molecule is CCCCOCCOCCOCCOc1cccc(N)n1.